The van der Waals surface area contributed by atoms with Gasteiger partial charge in [-0.15, -0.1) is 0 Å². The van der Waals surface area contributed by atoms with Crippen molar-refractivity contribution in [2.24, 2.45) is 5.73 Å². The molecule has 1 aliphatic rings. The van der Waals surface area contributed by atoms with Crippen LogP contribution in [-0.4, -0.2) is 34.4 Å². The van der Waals surface area contributed by atoms with Gasteiger partial charge in [-0.3, -0.25) is 0 Å². The van der Waals surface area contributed by atoms with E-state index in [4.69, 9.17) is 5.73 Å². The van der Waals surface area contributed by atoms with Gasteiger partial charge < -0.3 is 5.73 Å². The molecule has 0 aromatic heterocycles. The monoisotopic (exact) mass is 332 g/mol. The van der Waals surface area contributed by atoms with Gasteiger partial charge in [0, 0.05) is 12.6 Å². The normalized spacial score (nSPS) is 21.5. The first-order chi connectivity index (χ1) is 9.77. The molecule has 1 unspecified atom stereocenters. The van der Waals surface area contributed by atoms with Gasteiger partial charge in [0.05, 0.1) is 16.4 Å². The molecule has 8 heteroatoms. The van der Waals surface area contributed by atoms with Crippen molar-refractivity contribution in [3.05, 3.63) is 29.3 Å². The Hall–Kier alpha value is -0.960. The number of hydrogen-bond acceptors (Lipinski definition) is 5. The van der Waals surface area contributed by atoms with Crippen LogP contribution in [0.25, 0.3) is 0 Å². The molecule has 1 aromatic rings. The number of hydrogen-bond donors (Lipinski definition) is 2. The number of nitrogens with one attached hydrogen (secondary N) is 1. The highest BCUT2D eigenvalue weighted by molar-refractivity contribution is 7.92. The molecule has 1 atom stereocenters. The smallest absolute Gasteiger partial charge is 0.240 e. The Morgan fingerprint density at radius 1 is 1.33 bits per heavy atom. The first kappa shape index (κ1) is 16.4. The van der Waals surface area contributed by atoms with Crippen LogP contribution in [0.15, 0.2) is 23.1 Å². The molecule has 0 amide bonds. The standard InChI is InChI=1S/C13H20N2O4S2/c1-2-10-3-4-13(7-11(10)8-14)21(18,19)15-12-5-6-20(16,17)9-12/h3-4,7,12,15H,2,5-6,8-9,14H2,1H3. The number of sulfone groups is 1. The van der Waals surface area contributed by atoms with Crippen molar-refractivity contribution >= 4 is 19.9 Å². The SMILES string of the molecule is CCc1ccc(S(=O)(=O)NC2CCS(=O)(=O)C2)cc1CN. The number of rotatable bonds is 5. The predicted molar refractivity (Wildman–Crippen MR) is 81.1 cm³/mol. The maximum atomic E-state index is 12.3. The average molecular weight is 332 g/mol. The first-order valence-electron chi connectivity index (χ1n) is 6.82. The van der Waals surface area contributed by atoms with E-state index in [-0.39, 0.29) is 22.9 Å². The summed E-state index contributed by atoms with van der Waals surface area (Å²) in [5.41, 5.74) is 7.45. The van der Waals surface area contributed by atoms with Crippen molar-refractivity contribution in [1.82, 2.24) is 4.72 Å². The third-order valence-corrected chi connectivity index (χ3v) is 6.93. The summed E-state index contributed by atoms with van der Waals surface area (Å²) in [7, 11) is -6.84. The van der Waals surface area contributed by atoms with E-state index in [1.54, 1.807) is 12.1 Å². The summed E-state index contributed by atoms with van der Waals surface area (Å²) in [5, 5.41) is 0. The molecule has 1 fully saturated rings. The lowest BCUT2D eigenvalue weighted by Gasteiger charge is -2.13. The van der Waals surface area contributed by atoms with Gasteiger partial charge in [0.2, 0.25) is 10.0 Å². The summed E-state index contributed by atoms with van der Waals surface area (Å²) < 4.78 is 49.9. The predicted octanol–water partition coefficient (Wildman–Crippen LogP) is 0.173. The molecule has 118 valence electrons. The largest absolute Gasteiger partial charge is 0.326 e. The van der Waals surface area contributed by atoms with Gasteiger partial charge in [-0.25, -0.2) is 21.6 Å². The zero-order valence-electron chi connectivity index (χ0n) is 11.9. The Morgan fingerprint density at radius 2 is 2.05 bits per heavy atom. The summed E-state index contributed by atoms with van der Waals surface area (Å²) in [6.45, 7) is 2.24. The van der Waals surface area contributed by atoms with Crippen molar-refractivity contribution in [3.63, 3.8) is 0 Å². The quantitative estimate of drug-likeness (QED) is 0.799. The van der Waals surface area contributed by atoms with Gasteiger partial charge in [-0.1, -0.05) is 13.0 Å². The van der Waals surface area contributed by atoms with E-state index in [1.807, 2.05) is 6.92 Å². The number of sulfonamides is 1. The molecule has 0 aliphatic carbocycles. The molecule has 3 N–H and O–H groups in total. The minimum absolute atomic E-state index is 0.0308. The zero-order chi connectivity index (χ0) is 15.7. The molecular weight excluding hydrogens is 312 g/mol. The Morgan fingerprint density at radius 3 is 2.57 bits per heavy atom. The highest BCUT2D eigenvalue weighted by Gasteiger charge is 2.31. The van der Waals surface area contributed by atoms with Gasteiger partial charge in [0.15, 0.2) is 9.84 Å². The number of nitrogens with two attached hydrogens (primary N) is 1. The summed E-state index contributed by atoms with van der Waals surface area (Å²) >= 11 is 0. The van der Waals surface area contributed by atoms with Crippen LogP contribution in [0.4, 0.5) is 0 Å². The molecule has 2 rings (SSSR count). The molecule has 0 radical (unpaired) electrons. The van der Waals surface area contributed by atoms with E-state index in [0.29, 0.717) is 6.42 Å². The van der Waals surface area contributed by atoms with Crippen LogP contribution in [0.5, 0.6) is 0 Å². The van der Waals surface area contributed by atoms with Gasteiger partial charge in [-0.05, 0) is 36.1 Å². The lowest BCUT2D eigenvalue weighted by atomic mass is 10.1. The minimum Gasteiger partial charge on any atom is -0.326 e. The Balaban J connectivity index is 2.24. The molecule has 0 spiro atoms. The Bertz CT molecular complexity index is 727. The zero-order valence-corrected chi connectivity index (χ0v) is 13.5. The topological polar surface area (TPSA) is 106 Å². The highest BCUT2D eigenvalue weighted by atomic mass is 32.2. The molecule has 1 heterocycles. The summed E-state index contributed by atoms with van der Waals surface area (Å²) in [6.07, 6.45) is 1.10. The van der Waals surface area contributed by atoms with Crippen LogP contribution in [0.2, 0.25) is 0 Å². The second-order valence-electron chi connectivity index (χ2n) is 5.21. The Kier molecular flexibility index (Phi) is 4.72. The molecule has 1 aliphatic heterocycles. The lowest BCUT2D eigenvalue weighted by Crippen LogP contribution is -2.35. The van der Waals surface area contributed by atoms with Crippen LogP contribution in [-0.2, 0) is 32.8 Å². The van der Waals surface area contributed by atoms with Crippen molar-refractivity contribution < 1.29 is 16.8 Å². The van der Waals surface area contributed by atoms with Crippen molar-refractivity contribution in [1.29, 1.82) is 0 Å². The molecule has 21 heavy (non-hydrogen) atoms. The summed E-state index contributed by atoms with van der Waals surface area (Å²) in [6, 6.07) is 4.29. The van der Waals surface area contributed by atoms with Gasteiger partial charge >= 0.3 is 0 Å². The molecular formula is C13H20N2O4S2. The maximum absolute atomic E-state index is 12.3. The molecule has 6 nitrogen and oxygen atoms in total. The second-order valence-corrected chi connectivity index (χ2v) is 9.15. The van der Waals surface area contributed by atoms with E-state index in [9.17, 15) is 16.8 Å². The molecule has 1 aromatic carbocycles. The minimum atomic E-state index is -3.72. The molecule has 1 saturated heterocycles. The lowest BCUT2D eigenvalue weighted by molar-refractivity contribution is 0.562. The van der Waals surface area contributed by atoms with Crippen LogP contribution >= 0.6 is 0 Å². The van der Waals surface area contributed by atoms with Crippen LogP contribution < -0.4 is 10.5 Å². The fourth-order valence-corrected chi connectivity index (χ4v) is 5.58. The third-order valence-electron chi connectivity index (χ3n) is 3.64. The fraction of sp³-hybridized carbons (Fsp3) is 0.538. The van der Waals surface area contributed by atoms with Crippen LogP contribution in [0, 0.1) is 0 Å². The van der Waals surface area contributed by atoms with E-state index in [1.165, 1.54) is 6.07 Å². The highest BCUT2D eigenvalue weighted by Crippen LogP contribution is 2.19. The van der Waals surface area contributed by atoms with Gasteiger partial charge in [0.1, 0.15) is 0 Å². The first-order valence-corrected chi connectivity index (χ1v) is 10.1. The number of benzene rings is 1. The second kappa shape index (κ2) is 6.04. The van der Waals surface area contributed by atoms with E-state index in [2.05, 4.69) is 4.72 Å². The fourth-order valence-electron chi connectivity index (χ4n) is 2.48. The van der Waals surface area contributed by atoms with Crippen molar-refractivity contribution in [3.8, 4) is 0 Å². The maximum Gasteiger partial charge on any atom is 0.240 e. The van der Waals surface area contributed by atoms with E-state index in [0.717, 1.165) is 17.5 Å². The van der Waals surface area contributed by atoms with Gasteiger partial charge in [-0.2, -0.15) is 0 Å². The average Bonchev–Trinajstić information content (AvgIpc) is 2.76. The van der Waals surface area contributed by atoms with Crippen LogP contribution in [0.1, 0.15) is 24.5 Å². The summed E-state index contributed by atoms with van der Waals surface area (Å²) in [4.78, 5) is 0.129. The van der Waals surface area contributed by atoms with Gasteiger partial charge in [0.25, 0.3) is 0 Å². The molecule has 0 bridgehead atoms. The van der Waals surface area contributed by atoms with E-state index >= 15 is 0 Å². The number of aryl methyl sites for hydroxylation is 1. The molecule has 0 saturated carbocycles. The Labute approximate surface area is 125 Å². The van der Waals surface area contributed by atoms with Crippen molar-refractivity contribution in [2.75, 3.05) is 11.5 Å². The van der Waals surface area contributed by atoms with Crippen LogP contribution in [0.3, 0.4) is 0 Å². The van der Waals surface area contributed by atoms with Crippen molar-refractivity contribution in [2.45, 2.75) is 37.2 Å². The summed E-state index contributed by atoms with van der Waals surface area (Å²) in [5.74, 6) is -0.105. The van der Waals surface area contributed by atoms with E-state index < -0.39 is 25.9 Å². The third kappa shape index (κ3) is 3.82.